The largest absolute Gasteiger partial charge is 0.500 e. The lowest BCUT2D eigenvalue weighted by Crippen LogP contribution is -2.46. The molecule has 0 spiro atoms. The standard InChI is InChI=1S/C33H40O5SSi/c1-4-36-40(37-5-2,38-6-3)21-13-20-39-32(26-14-8-7-9-15-26)24-33(34)35-25-30-19-12-18-29-22-27-16-10-11-17-28(27)23-31(29)30/h7-12,14-19,22-23,32H,4-6,13,20-21,24-25H2,1-3H3. The summed E-state index contributed by atoms with van der Waals surface area (Å²) < 4.78 is 23.9. The van der Waals surface area contributed by atoms with Gasteiger partial charge in [-0.15, -0.1) is 0 Å². The van der Waals surface area contributed by atoms with Crippen LogP contribution in [0.3, 0.4) is 0 Å². The Balaban J connectivity index is 1.39. The third kappa shape index (κ3) is 8.18. The molecular formula is C33H40O5SSi. The van der Waals surface area contributed by atoms with E-state index in [0.29, 0.717) is 26.2 Å². The maximum absolute atomic E-state index is 13.1. The van der Waals surface area contributed by atoms with Gasteiger partial charge in [-0.05, 0) is 77.7 Å². The minimum absolute atomic E-state index is 0.00695. The van der Waals surface area contributed by atoms with Crippen molar-refractivity contribution in [3.05, 3.63) is 96.1 Å². The third-order valence-corrected chi connectivity index (χ3v) is 11.3. The van der Waals surface area contributed by atoms with Gasteiger partial charge in [-0.1, -0.05) is 72.8 Å². The highest BCUT2D eigenvalue weighted by Crippen LogP contribution is 2.34. The Morgan fingerprint density at radius 1 is 0.775 bits per heavy atom. The van der Waals surface area contributed by atoms with Crippen LogP contribution in [0.4, 0.5) is 0 Å². The van der Waals surface area contributed by atoms with Gasteiger partial charge in [0.25, 0.3) is 0 Å². The van der Waals surface area contributed by atoms with Crippen molar-refractivity contribution in [2.75, 3.05) is 25.6 Å². The van der Waals surface area contributed by atoms with E-state index in [-0.39, 0.29) is 17.8 Å². The number of rotatable bonds is 16. The smallest absolute Gasteiger partial charge is 0.461 e. The summed E-state index contributed by atoms with van der Waals surface area (Å²) in [5.41, 5.74) is 2.15. The van der Waals surface area contributed by atoms with Gasteiger partial charge in [0.1, 0.15) is 6.61 Å². The molecule has 4 rings (SSSR count). The molecule has 1 atom stereocenters. The highest BCUT2D eigenvalue weighted by Gasteiger charge is 2.39. The molecule has 212 valence electrons. The van der Waals surface area contributed by atoms with E-state index in [1.54, 1.807) is 11.8 Å². The van der Waals surface area contributed by atoms with Gasteiger partial charge in [0, 0.05) is 31.1 Å². The fourth-order valence-corrected chi connectivity index (χ4v) is 9.05. The SMILES string of the molecule is CCO[Si](CCCSC(CC(=O)OCc1cccc2cc3ccccc3cc12)c1ccccc1)(OCC)OCC. The van der Waals surface area contributed by atoms with E-state index in [4.69, 9.17) is 18.0 Å². The number of esters is 1. The van der Waals surface area contributed by atoms with Crippen LogP contribution in [-0.4, -0.2) is 40.3 Å². The molecule has 0 radical (unpaired) electrons. The molecule has 5 nitrogen and oxygen atoms in total. The first-order chi connectivity index (χ1) is 19.6. The Kier molecular flexibility index (Phi) is 11.6. The number of benzene rings is 4. The molecule has 7 heteroatoms. The van der Waals surface area contributed by atoms with Gasteiger partial charge in [-0.3, -0.25) is 4.79 Å². The third-order valence-electron chi connectivity index (χ3n) is 6.79. The normalized spacial score (nSPS) is 12.6. The fourth-order valence-electron chi connectivity index (χ4n) is 4.98. The van der Waals surface area contributed by atoms with Gasteiger partial charge >= 0.3 is 14.8 Å². The molecule has 0 aliphatic carbocycles. The zero-order valence-electron chi connectivity index (χ0n) is 23.8. The summed E-state index contributed by atoms with van der Waals surface area (Å²) in [6.07, 6.45) is 1.20. The van der Waals surface area contributed by atoms with Gasteiger partial charge < -0.3 is 18.0 Å². The molecule has 0 saturated carbocycles. The second-order valence-corrected chi connectivity index (χ2v) is 13.6. The van der Waals surface area contributed by atoms with E-state index in [1.165, 1.54) is 10.8 Å². The highest BCUT2D eigenvalue weighted by molar-refractivity contribution is 7.99. The molecule has 0 aliphatic rings. The van der Waals surface area contributed by atoms with Crippen LogP contribution in [-0.2, 0) is 29.4 Å². The predicted octanol–water partition coefficient (Wildman–Crippen LogP) is 8.34. The molecule has 0 fully saturated rings. The Morgan fingerprint density at radius 3 is 2.08 bits per heavy atom. The van der Waals surface area contributed by atoms with Gasteiger partial charge in [0.2, 0.25) is 0 Å². The Bertz CT molecular complexity index is 1350. The number of hydrogen-bond donors (Lipinski definition) is 0. The Morgan fingerprint density at radius 2 is 1.40 bits per heavy atom. The zero-order chi connectivity index (χ0) is 28.2. The lowest BCUT2D eigenvalue weighted by Gasteiger charge is -2.28. The van der Waals surface area contributed by atoms with Crippen molar-refractivity contribution in [1.82, 2.24) is 0 Å². The molecule has 0 heterocycles. The molecule has 40 heavy (non-hydrogen) atoms. The first-order valence-electron chi connectivity index (χ1n) is 14.2. The van der Waals surface area contributed by atoms with Crippen molar-refractivity contribution in [1.29, 1.82) is 0 Å². The molecule has 1 unspecified atom stereocenters. The van der Waals surface area contributed by atoms with Crippen LogP contribution in [0.1, 0.15) is 50.0 Å². The van der Waals surface area contributed by atoms with Crippen LogP contribution in [0.15, 0.2) is 84.9 Å². The zero-order valence-corrected chi connectivity index (χ0v) is 25.6. The monoisotopic (exact) mass is 576 g/mol. The lowest BCUT2D eigenvalue weighted by atomic mass is 10.00. The molecule has 0 N–H and O–H groups in total. The van der Waals surface area contributed by atoms with E-state index >= 15 is 0 Å². The van der Waals surface area contributed by atoms with Crippen LogP contribution in [0, 0.1) is 0 Å². The number of fused-ring (bicyclic) bond motifs is 2. The van der Waals surface area contributed by atoms with Crippen LogP contribution in [0.5, 0.6) is 0 Å². The lowest BCUT2D eigenvalue weighted by molar-refractivity contribution is -0.144. The van der Waals surface area contributed by atoms with Gasteiger partial charge in [0.05, 0.1) is 6.42 Å². The fraction of sp³-hybridized carbons (Fsp3) is 0.364. The van der Waals surface area contributed by atoms with Crippen molar-refractivity contribution in [2.24, 2.45) is 0 Å². The van der Waals surface area contributed by atoms with Crippen molar-refractivity contribution in [2.45, 2.75) is 51.5 Å². The maximum atomic E-state index is 13.1. The highest BCUT2D eigenvalue weighted by atomic mass is 32.2. The van der Waals surface area contributed by atoms with Gasteiger partial charge in [-0.2, -0.15) is 11.8 Å². The summed E-state index contributed by atoms with van der Waals surface area (Å²) in [5, 5.41) is 4.66. The summed E-state index contributed by atoms with van der Waals surface area (Å²) >= 11 is 1.78. The quantitative estimate of drug-likeness (QED) is 0.0578. The number of thioether (sulfide) groups is 1. The van der Waals surface area contributed by atoms with Crippen LogP contribution >= 0.6 is 11.8 Å². The summed E-state index contributed by atoms with van der Waals surface area (Å²) in [7, 11) is -2.67. The maximum Gasteiger partial charge on any atom is 0.500 e. The average molecular weight is 577 g/mol. The van der Waals surface area contributed by atoms with E-state index in [1.807, 2.05) is 57.2 Å². The number of carbonyl (C=O) groups excluding carboxylic acids is 1. The topological polar surface area (TPSA) is 54.0 Å². The molecule has 0 aromatic heterocycles. The van der Waals surface area contributed by atoms with Crippen molar-refractivity contribution in [3.8, 4) is 0 Å². The number of carbonyl (C=O) groups is 1. The minimum atomic E-state index is -2.67. The van der Waals surface area contributed by atoms with Gasteiger partial charge in [0.15, 0.2) is 0 Å². The second kappa shape index (κ2) is 15.4. The molecule has 4 aromatic rings. The second-order valence-electron chi connectivity index (χ2n) is 9.56. The molecule has 0 bridgehead atoms. The van der Waals surface area contributed by atoms with Crippen LogP contribution in [0.2, 0.25) is 6.04 Å². The summed E-state index contributed by atoms with van der Waals surface area (Å²) in [4.78, 5) is 13.1. The van der Waals surface area contributed by atoms with Crippen molar-refractivity contribution < 1.29 is 22.8 Å². The van der Waals surface area contributed by atoms with E-state index in [9.17, 15) is 4.79 Å². The van der Waals surface area contributed by atoms with Crippen molar-refractivity contribution in [3.63, 3.8) is 0 Å². The summed E-state index contributed by atoms with van der Waals surface area (Å²) in [5.74, 6) is 0.673. The van der Waals surface area contributed by atoms with Crippen LogP contribution in [0.25, 0.3) is 21.5 Å². The van der Waals surface area contributed by atoms with E-state index in [2.05, 4.69) is 48.5 Å². The number of ether oxygens (including phenoxy) is 1. The first-order valence-corrected chi connectivity index (χ1v) is 17.2. The Labute approximate surface area is 243 Å². The average Bonchev–Trinajstić information content (AvgIpc) is 2.97. The first kappa shape index (κ1) is 30.3. The van der Waals surface area contributed by atoms with E-state index < -0.39 is 8.80 Å². The molecular weight excluding hydrogens is 537 g/mol. The predicted molar refractivity (Wildman–Crippen MR) is 168 cm³/mol. The summed E-state index contributed by atoms with van der Waals surface area (Å²) in [6, 6.07) is 29.9. The molecule has 0 aliphatic heterocycles. The minimum Gasteiger partial charge on any atom is -0.461 e. The molecule has 0 saturated heterocycles. The molecule has 4 aromatic carbocycles. The Hall–Kier alpha value is -2.68. The van der Waals surface area contributed by atoms with E-state index in [0.717, 1.165) is 40.1 Å². The van der Waals surface area contributed by atoms with Crippen LogP contribution < -0.4 is 0 Å². The summed E-state index contributed by atoms with van der Waals surface area (Å²) in [6.45, 7) is 7.91. The molecule has 0 amide bonds. The van der Waals surface area contributed by atoms with Crippen molar-refractivity contribution >= 4 is 48.1 Å². The van der Waals surface area contributed by atoms with Gasteiger partial charge in [-0.25, -0.2) is 0 Å². The number of hydrogen-bond acceptors (Lipinski definition) is 6.